The van der Waals surface area contributed by atoms with Crippen molar-refractivity contribution < 1.29 is 33.3 Å². The molecule has 326 valence electrons. The molecule has 0 aliphatic carbocycles. The van der Waals surface area contributed by atoms with Crippen LogP contribution in [0.2, 0.25) is 0 Å². The lowest BCUT2D eigenvalue weighted by molar-refractivity contribution is 0.0104. The van der Waals surface area contributed by atoms with E-state index in [4.69, 9.17) is 24.7 Å². The SMILES string of the molecule is COc1cc2c(cc1OC)C1(CCN(C(=O)N3CCN(c4ncnc5c4nnn5C)CC3)CC1)N(CCCN(C(=O)OC(C)(C)C)C(N)=NC(=O)OCc1ccccc1)CC2. The number of aromatic nitrogens is 5. The molecular weight excluding hydrogens is 785 g/mol. The van der Waals surface area contributed by atoms with Gasteiger partial charge < -0.3 is 39.4 Å². The Hall–Kier alpha value is -6.24. The number of hydrogen-bond donors (Lipinski definition) is 1. The van der Waals surface area contributed by atoms with E-state index < -0.39 is 23.3 Å². The van der Waals surface area contributed by atoms with Gasteiger partial charge in [-0.05, 0) is 75.3 Å². The van der Waals surface area contributed by atoms with E-state index in [2.05, 4.69) is 47.2 Å². The number of amides is 4. The van der Waals surface area contributed by atoms with Crippen molar-refractivity contribution in [1.82, 2.24) is 44.6 Å². The lowest BCUT2D eigenvalue weighted by Gasteiger charge is -2.53. The van der Waals surface area contributed by atoms with Crippen LogP contribution in [0.1, 0.15) is 56.7 Å². The van der Waals surface area contributed by atoms with Gasteiger partial charge in [-0.1, -0.05) is 35.5 Å². The van der Waals surface area contributed by atoms with Gasteiger partial charge >= 0.3 is 18.2 Å². The van der Waals surface area contributed by atoms with Crippen molar-refractivity contribution in [3.05, 3.63) is 65.5 Å². The number of anilines is 1. The number of piperidine rings is 1. The summed E-state index contributed by atoms with van der Waals surface area (Å²) in [6, 6.07) is 13.4. The fourth-order valence-corrected chi connectivity index (χ4v) is 8.50. The van der Waals surface area contributed by atoms with E-state index in [1.54, 1.807) is 46.7 Å². The molecule has 5 heterocycles. The van der Waals surface area contributed by atoms with Crippen molar-refractivity contribution >= 4 is 41.2 Å². The summed E-state index contributed by atoms with van der Waals surface area (Å²) in [5.74, 6) is 1.72. The van der Waals surface area contributed by atoms with E-state index in [1.807, 2.05) is 40.1 Å². The Kier molecular flexibility index (Phi) is 12.8. The minimum Gasteiger partial charge on any atom is -0.493 e. The standard InChI is InChI=1S/C42H56N12O7/c1-41(2,3)61-40(57)54(37(43)46-38(55)60-27-29-11-8-7-9-12-29)17-10-16-53-18-13-30-25-32(58-5)33(59-6)26-31(30)42(53)14-19-51(20-15-42)39(56)52-23-21-50(22-24-52)36-34-35(44-28-45-36)49(4)48-47-34/h7-9,11-12,25-26,28H,10,13-24,27H2,1-6H3,(H2,43,46,55). The molecule has 19 nitrogen and oxygen atoms in total. The number of carbonyl (C=O) groups is 3. The highest BCUT2D eigenvalue weighted by atomic mass is 16.6. The summed E-state index contributed by atoms with van der Waals surface area (Å²) in [4.78, 5) is 62.7. The third-order valence-corrected chi connectivity index (χ3v) is 11.6. The smallest absolute Gasteiger partial charge is 0.437 e. The highest BCUT2D eigenvalue weighted by molar-refractivity contribution is 5.98. The molecule has 1 spiro atoms. The molecule has 3 aliphatic heterocycles. The van der Waals surface area contributed by atoms with Gasteiger partial charge in [0.05, 0.1) is 14.2 Å². The number of urea groups is 1. The molecule has 61 heavy (non-hydrogen) atoms. The van der Waals surface area contributed by atoms with Gasteiger partial charge in [-0.15, -0.1) is 10.1 Å². The van der Waals surface area contributed by atoms with Gasteiger partial charge in [-0.25, -0.2) is 33.9 Å². The number of aryl methyl sites for hydroxylation is 1. The number of nitrogens with zero attached hydrogens (tertiary/aromatic N) is 11. The van der Waals surface area contributed by atoms with Gasteiger partial charge in [0, 0.05) is 71.5 Å². The number of rotatable bonds is 9. The van der Waals surface area contributed by atoms with Crippen LogP contribution in [0.15, 0.2) is 53.8 Å². The monoisotopic (exact) mass is 840 g/mol. The van der Waals surface area contributed by atoms with Crippen LogP contribution in [0.25, 0.3) is 11.2 Å². The summed E-state index contributed by atoms with van der Waals surface area (Å²) in [7, 11) is 5.07. The lowest BCUT2D eigenvalue weighted by atomic mass is 9.74. The molecule has 2 fully saturated rings. The number of ether oxygens (including phenoxy) is 4. The molecule has 4 amide bonds. The van der Waals surface area contributed by atoms with Gasteiger partial charge in [-0.2, -0.15) is 0 Å². The summed E-state index contributed by atoms with van der Waals surface area (Å²) in [5.41, 5.74) is 9.49. The van der Waals surface area contributed by atoms with Crippen molar-refractivity contribution in [2.24, 2.45) is 17.8 Å². The van der Waals surface area contributed by atoms with Crippen molar-refractivity contribution in [1.29, 1.82) is 0 Å². The van der Waals surface area contributed by atoms with Crippen molar-refractivity contribution in [2.75, 3.05) is 78.0 Å². The predicted molar refractivity (Wildman–Crippen MR) is 226 cm³/mol. The minimum absolute atomic E-state index is 0.00937. The van der Waals surface area contributed by atoms with Crippen LogP contribution in [0, 0.1) is 0 Å². The first-order valence-electron chi connectivity index (χ1n) is 20.6. The van der Waals surface area contributed by atoms with E-state index in [0.29, 0.717) is 87.7 Å². The van der Waals surface area contributed by atoms with Gasteiger partial charge in [0.1, 0.15) is 18.5 Å². The number of piperazine rings is 1. The van der Waals surface area contributed by atoms with Crippen LogP contribution in [-0.2, 0) is 35.1 Å². The van der Waals surface area contributed by atoms with Crippen LogP contribution in [-0.4, -0.2) is 147 Å². The highest BCUT2D eigenvalue weighted by Crippen LogP contribution is 2.47. The topological polar surface area (TPSA) is 199 Å². The maximum Gasteiger partial charge on any atom is 0.437 e. The number of nitrogens with two attached hydrogens (primary N) is 1. The largest absolute Gasteiger partial charge is 0.493 e. The minimum atomic E-state index is -0.914. The Morgan fingerprint density at radius 3 is 2.30 bits per heavy atom. The maximum atomic E-state index is 14.1. The zero-order valence-electron chi connectivity index (χ0n) is 35.9. The molecule has 2 N–H and O–H groups in total. The summed E-state index contributed by atoms with van der Waals surface area (Å²) in [6.07, 6.45) is 2.51. The zero-order valence-corrected chi connectivity index (χ0v) is 35.9. The molecule has 0 saturated carbocycles. The number of aliphatic imine (C=N–C) groups is 1. The second-order valence-corrected chi connectivity index (χ2v) is 16.5. The highest BCUT2D eigenvalue weighted by Gasteiger charge is 2.46. The Morgan fingerprint density at radius 1 is 0.918 bits per heavy atom. The van der Waals surface area contributed by atoms with Crippen molar-refractivity contribution in [3.8, 4) is 11.5 Å². The second-order valence-electron chi connectivity index (χ2n) is 16.5. The van der Waals surface area contributed by atoms with Gasteiger partial charge in [0.15, 0.2) is 28.5 Å². The Balaban J connectivity index is 1.05. The van der Waals surface area contributed by atoms with E-state index >= 15 is 0 Å². The molecule has 7 rings (SSSR count). The first-order valence-corrected chi connectivity index (χ1v) is 20.6. The first-order chi connectivity index (χ1) is 29.3. The fraction of sp³-hybridized carbons (Fsp3) is 0.524. The molecular formula is C42H56N12O7. The number of likely N-dealkylation sites (tertiary alicyclic amines) is 1. The van der Waals surface area contributed by atoms with Gasteiger partial charge in [-0.3, -0.25) is 4.90 Å². The van der Waals surface area contributed by atoms with Crippen LogP contribution in [0.4, 0.5) is 20.2 Å². The van der Waals surface area contributed by atoms with Crippen LogP contribution >= 0.6 is 0 Å². The number of guanidine groups is 1. The summed E-state index contributed by atoms with van der Waals surface area (Å²) in [6.45, 7) is 10.1. The molecule has 0 bridgehead atoms. The molecule has 4 aromatic rings. The molecule has 0 radical (unpaired) electrons. The van der Waals surface area contributed by atoms with Crippen LogP contribution in [0.5, 0.6) is 11.5 Å². The quantitative estimate of drug-likeness (QED) is 0.186. The Labute approximate surface area is 355 Å². The summed E-state index contributed by atoms with van der Waals surface area (Å²) < 4.78 is 24.1. The summed E-state index contributed by atoms with van der Waals surface area (Å²) in [5, 5.41) is 8.38. The van der Waals surface area contributed by atoms with Crippen LogP contribution < -0.4 is 20.1 Å². The van der Waals surface area contributed by atoms with Crippen LogP contribution in [0.3, 0.4) is 0 Å². The molecule has 2 aromatic carbocycles. The van der Waals surface area contributed by atoms with Gasteiger partial charge in [0.2, 0.25) is 5.96 Å². The molecule has 2 aromatic heterocycles. The summed E-state index contributed by atoms with van der Waals surface area (Å²) >= 11 is 0. The predicted octanol–water partition coefficient (Wildman–Crippen LogP) is 4.15. The number of methoxy groups -OCH3 is 2. The molecule has 2 saturated heterocycles. The Morgan fingerprint density at radius 2 is 1.61 bits per heavy atom. The number of fused-ring (bicyclic) bond motifs is 3. The average molecular weight is 841 g/mol. The van der Waals surface area contributed by atoms with E-state index in [-0.39, 0.29) is 25.1 Å². The number of carbonyl (C=O) groups excluding carboxylic acids is 3. The second kappa shape index (κ2) is 18.2. The van der Waals surface area contributed by atoms with E-state index in [0.717, 1.165) is 29.9 Å². The first kappa shape index (κ1) is 42.9. The average Bonchev–Trinajstić information content (AvgIpc) is 3.64. The lowest BCUT2D eigenvalue weighted by Crippen LogP contribution is -2.60. The maximum absolute atomic E-state index is 14.1. The van der Waals surface area contributed by atoms with Crippen molar-refractivity contribution in [3.63, 3.8) is 0 Å². The molecule has 0 atom stereocenters. The number of benzene rings is 2. The van der Waals surface area contributed by atoms with Crippen molar-refractivity contribution in [2.45, 2.75) is 64.2 Å². The molecule has 19 heteroatoms. The fourth-order valence-electron chi connectivity index (χ4n) is 8.50. The third-order valence-electron chi connectivity index (χ3n) is 11.6. The normalized spacial score (nSPS) is 17.0. The number of hydrogen-bond acceptors (Lipinski definition) is 13. The Bertz CT molecular complexity index is 2230. The van der Waals surface area contributed by atoms with E-state index in [1.165, 1.54) is 16.8 Å². The molecule has 0 unspecified atom stereocenters. The third kappa shape index (κ3) is 9.40. The molecule has 3 aliphatic rings. The van der Waals surface area contributed by atoms with E-state index in [9.17, 15) is 14.4 Å². The van der Waals surface area contributed by atoms with Gasteiger partial charge in [0.25, 0.3) is 0 Å². The zero-order chi connectivity index (χ0) is 43.3.